The monoisotopic (exact) mass is 362 g/mol. The van der Waals surface area contributed by atoms with Gasteiger partial charge in [-0.3, -0.25) is 4.79 Å². The Labute approximate surface area is 147 Å². The molecule has 0 fully saturated rings. The molecule has 1 N–H and O–H groups in total. The summed E-state index contributed by atoms with van der Waals surface area (Å²) in [5.74, 6) is -0.112. The number of thiophene rings is 1. The summed E-state index contributed by atoms with van der Waals surface area (Å²) in [6.45, 7) is 5.81. The Morgan fingerprint density at radius 1 is 1.29 bits per heavy atom. The van der Waals surface area contributed by atoms with E-state index in [9.17, 15) is 4.79 Å². The zero-order valence-electron chi connectivity index (χ0n) is 13.7. The first-order valence-electron chi connectivity index (χ1n) is 7.55. The second-order valence-electron chi connectivity index (χ2n) is 5.62. The van der Waals surface area contributed by atoms with Crippen molar-refractivity contribution in [1.29, 1.82) is 0 Å². The van der Waals surface area contributed by atoms with Crippen LogP contribution in [-0.2, 0) is 17.6 Å². The fourth-order valence-electron chi connectivity index (χ4n) is 2.30. The first-order chi connectivity index (χ1) is 11.5. The lowest BCUT2D eigenvalue weighted by atomic mass is 10.1. The summed E-state index contributed by atoms with van der Waals surface area (Å²) in [7, 11) is 0. The Balaban J connectivity index is 1.76. The first kappa shape index (κ1) is 16.8. The van der Waals surface area contributed by atoms with Gasteiger partial charge in [0.15, 0.2) is 0 Å². The molecule has 3 rings (SSSR count). The van der Waals surface area contributed by atoms with Crippen molar-refractivity contribution in [3.05, 3.63) is 49.4 Å². The average Bonchev–Trinajstić information content (AvgIpc) is 3.24. The van der Waals surface area contributed by atoms with Crippen molar-refractivity contribution >= 4 is 28.6 Å². The van der Waals surface area contributed by atoms with Crippen LogP contribution in [0.5, 0.6) is 0 Å². The number of amides is 1. The summed E-state index contributed by atoms with van der Waals surface area (Å²) in [5.41, 5.74) is 3.40. The molecule has 8 heteroatoms. The Hall–Kier alpha value is -2.06. The lowest BCUT2D eigenvalue weighted by Gasteiger charge is -2.16. The minimum absolute atomic E-state index is 0.112. The van der Waals surface area contributed by atoms with Crippen LogP contribution >= 0.6 is 22.7 Å². The van der Waals surface area contributed by atoms with Crippen molar-refractivity contribution in [2.24, 2.45) is 0 Å². The van der Waals surface area contributed by atoms with Gasteiger partial charge >= 0.3 is 0 Å². The van der Waals surface area contributed by atoms with Crippen LogP contribution in [-0.4, -0.2) is 21.2 Å². The normalized spacial score (nSPS) is 12.3. The molecule has 6 nitrogen and oxygen atoms in total. The van der Waals surface area contributed by atoms with Gasteiger partial charge in [0.2, 0.25) is 5.91 Å². The third kappa shape index (κ3) is 3.88. The van der Waals surface area contributed by atoms with E-state index in [4.69, 9.17) is 0 Å². The van der Waals surface area contributed by atoms with Crippen LogP contribution in [0.1, 0.15) is 38.6 Å². The van der Waals surface area contributed by atoms with E-state index in [1.165, 1.54) is 10.4 Å². The molecule has 0 saturated heterocycles. The summed E-state index contributed by atoms with van der Waals surface area (Å²) in [5, 5.41) is 15.6. The molecule has 1 atom stereocenters. The maximum Gasteiger partial charge on any atom is 0.226 e. The average molecular weight is 362 g/mol. The molecule has 0 radical (unpaired) electrons. The van der Waals surface area contributed by atoms with Crippen molar-refractivity contribution in [3.8, 4) is 0 Å². The molecule has 0 saturated carbocycles. The zero-order chi connectivity index (χ0) is 17.1. The molecule has 3 heterocycles. The summed E-state index contributed by atoms with van der Waals surface area (Å²) < 4.78 is 4.65. The number of rotatable bonds is 6. The van der Waals surface area contributed by atoms with Crippen molar-refractivity contribution in [2.45, 2.75) is 39.7 Å². The fraction of sp³-hybridized carbons (Fsp3) is 0.375. The summed E-state index contributed by atoms with van der Waals surface area (Å²) in [6.07, 6.45) is 0.872. The maximum atomic E-state index is 12.4. The third-order valence-corrected chi connectivity index (χ3v) is 5.69. The Morgan fingerprint density at radius 3 is 2.71 bits per heavy atom. The van der Waals surface area contributed by atoms with Crippen LogP contribution < -0.4 is 5.32 Å². The Bertz CT molecular complexity index is 804. The lowest BCUT2D eigenvalue weighted by molar-refractivity contribution is -0.121. The van der Waals surface area contributed by atoms with Gasteiger partial charge in [-0.05, 0) is 43.2 Å². The molecule has 0 unspecified atom stereocenters. The van der Waals surface area contributed by atoms with E-state index >= 15 is 0 Å². The summed E-state index contributed by atoms with van der Waals surface area (Å²) >= 11 is 3.28. The Morgan fingerprint density at radius 2 is 2.12 bits per heavy atom. The van der Waals surface area contributed by atoms with Gasteiger partial charge in [0, 0.05) is 11.3 Å². The minimum atomic E-state index is -0.148. The molecular weight excluding hydrogens is 344 g/mol. The van der Waals surface area contributed by atoms with Crippen molar-refractivity contribution < 1.29 is 9.42 Å². The smallest absolute Gasteiger partial charge is 0.226 e. The molecule has 0 aliphatic heterocycles. The number of thiazole rings is 1. The zero-order valence-corrected chi connectivity index (χ0v) is 15.3. The van der Waals surface area contributed by atoms with E-state index in [2.05, 4.69) is 36.7 Å². The SMILES string of the molecule is Cc1nonc1CC(=O)N[C@@H](Cc1ccsc1)c1nc(C)c(C)s1. The van der Waals surface area contributed by atoms with Gasteiger partial charge in [-0.1, -0.05) is 10.3 Å². The topological polar surface area (TPSA) is 80.9 Å². The molecule has 0 bridgehead atoms. The molecular formula is C16H18N4O2S2. The molecule has 0 aliphatic rings. The molecule has 24 heavy (non-hydrogen) atoms. The second-order valence-corrected chi connectivity index (χ2v) is 7.64. The van der Waals surface area contributed by atoms with Gasteiger partial charge in [-0.15, -0.1) is 11.3 Å². The second kappa shape index (κ2) is 7.23. The number of aryl methyl sites for hydroxylation is 3. The van der Waals surface area contributed by atoms with Gasteiger partial charge < -0.3 is 5.32 Å². The number of nitrogens with zero attached hydrogens (tertiary/aromatic N) is 3. The summed E-state index contributed by atoms with van der Waals surface area (Å²) in [4.78, 5) is 18.2. The third-order valence-electron chi connectivity index (χ3n) is 3.77. The van der Waals surface area contributed by atoms with Crippen LogP contribution in [0.15, 0.2) is 21.5 Å². The van der Waals surface area contributed by atoms with Crippen LogP contribution in [0.25, 0.3) is 0 Å². The fourth-order valence-corrected chi connectivity index (χ4v) is 3.95. The van der Waals surface area contributed by atoms with Gasteiger partial charge in [-0.2, -0.15) is 11.3 Å². The molecule has 3 aromatic heterocycles. The predicted molar refractivity (Wildman–Crippen MR) is 93.2 cm³/mol. The standard InChI is InChI=1S/C16H18N4O2S2/c1-9-11(3)24-16(17-9)14(6-12-4-5-23-8-12)18-15(21)7-13-10(2)19-22-20-13/h4-5,8,14H,6-7H2,1-3H3,(H,18,21)/t14-/m0/s1. The van der Waals surface area contributed by atoms with Crippen LogP contribution in [0.4, 0.5) is 0 Å². The van der Waals surface area contributed by atoms with Crippen molar-refractivity contribution in [3.63, 3.8) is 0 Å². The lowest BCUT2D eigenvalue weighted by Crippen LogP contribution is -2.31. The highest BCUT2D eigenvalue weighted by Crippen LogP contribution is 2.26. The number of nitrogens with one attached hydrogen (secondary N) is 1. The van der Waals surface area contributed by atoms with Crippen LogP contribution in [0, 0.1) is 20.8 Å². The summed E-state index contributed by atoms with van der Waals surface area (Å²) in [6, 6.07) is 1.92. The largest absolute Gasteiger partial charge is 0.346 e. The quantitative estimate of drug-likeness (QED) is 0.728. The minimum Gasteiger partial charge on any atom is -0.346 e. The van der Waals surface area contributed by atoms with E-state index < -0.39 is 0 Å². The van der Waals surface area contributed by atoms with Crippen LogP contribution in [0.2, 0.25) is 0 Å². The van der Waals surface area contributed by atoms with Crippen molar-refractivity contribution in [1.82, 2.24) is 20.6 Å². The van der Waals surface area contributed by atoms with E-state index in [1.54, 1.807) is 29.6 Å². The van der Waals surface area contributed by atoms with Gasteiger partial charge in [0.05, 0.1) is 18.2 Å². The number of carbonyl (C=O) groups is 1. The number of hydrogen-bond acceptors (Lipinski definition) is 7. The van der Waals surface area contributed by atoms with Crippen LogP contribution in [0.3, 0.4) is 0 Å². The highest BCUT2D eigenvalue weighted by molar-refractivity contribution is 7.11. The molecule has 1 amide bonds. The Kier molecular flexibility index (Phi) is 5.06. The number of hydrogen-bond donors (Lipinski definition) is 1. The molecule has 126 valence electrons. The van der Waals surface area contributed by atoms with Gasteiger partial charge in [-0.25, -0.2) is 9.61 Å². The highest BCUT2D eigenvalue weighted by Gasteiger charge is 2.21. The maximum absolute atomic E-state index is 12.4. The van der Waals surface area contributed by atoms with E-state index in [0.717, 1.165) is 17.1 Å². The molecule has 0 spiro atoms. The van der Waals surface area contributed by atoms with Gasteiger partial charge in [0.1, 0.15) is 16.4 Å². The van der Waals surface area contributed by atoms with Crippen molar-refractivity contribution in [2.75, 3.05) is 0 Å². The highest BCUT2D eigenvalue weighted by atomic mass is 32.1. The van der Waals surface area contributed by atoms with E-state index in [0.29, 0.717) is 11.4 Å². The molecule has 0 aliphatic carbocycles. The van der Waals surface area contributed by atoms with E-state index in [-0.39, 0.29) is 18.4 Å². The number of carbonyl (C=O) groups excluding carboxylic acids is 1. The van der Waals surface area contributed by atoms with Gasteiger partial charge in [0.25, 0.3) is 0 Å². The molecule has 3 aromatic rings. The first-order valence-corrected chi connectivity index (χ1v) is 9.31. The number of aromatic nitrogens is 3. The molecule has 0 aromatic carbocycles. The predicted octanol–water partition coefficient (Wildman–Crippen LogP) is 3.16. The van der Waals surface area contributed by atoms with E-state index in [1.807, 2.05) is 19.2 Å².